The van der Waals surface area contributed by atoms with Crippen LogP contribution in [0, 0.1) is 5.92 Å². The zero-order valence-electron chi connectivity index (χ0n) is 14.0. The molecule has 1 aliphatic carbocycles. The van der Waals surface area contributed by atoms with Crippen molar-refractivity contribution < 1.29 is 14.7 Å². The van der Waals surface area contributed by atoms with E-state index < -0.39 is 23.9 Å². The van der Waals surface area contributed by atoms with Gasteiger partial charge in [-0.25, -0.2) is 0 Å². The van der Waals surface area contributed by atoms with Crippen molar-refractivity contribution >= 4 is 17.5 Å². The lowest BCUT2D eigenvalue weighted by Crippen LogP contribution is -2.33. The molecule has 1 aliphatic rings. The largest absolute Gasteiger partial charge is 0.480 e. The lowest BCUT2D eigenvalue weighted by atomic mass is 9.86. The number of carbonyl (C=O) groups excluding carboxylic acids is 1. The molecular weight excluding hydrogens is 324 g/mol. The first-order valence-corrected chi connectivity index (χ1v) is 8.65. The molecule has 2 heterocycles. The first-order valence-electron chi connectivity index (χ1n) is 8.65. The van der Waals surface area contributed by atoms with Gasteiger partial charge in [-0.15, -0.1) is 0 Å². The summed E-state index contributed by atoms with van der Waals surface area (Å²) in [7, 11) is 0. The van der Waals surface area contributed by atoms with Crippen LogP contribution in [0.25, 0.3) is 5.65 Å². The van der Waals surface area contributed by atoms with Gasteiger partial charge < -0.3 is 10.4 Å². The highest BCUT2D eigenvalue weighted by molar-refractivity contribution is 6.00. The molecule has 0 aliphatic heterocycles. The first-order chi connectivity index (χ1) is 12.1. The SMILES string of the molecule is O=C(O)CNC(=O)c1c(=O)ccn2c(CCC3CCCCC3)n[nH]c12. The van der Waals surface area contributed by atoms with Gasteiger partial charge in [0.1, 0.15) is 23.6 Å². The third-order valence-corrected chi connectivity index (χ3v) is 4.80. The number of carbonyl (C=O) groups is 2. The Morgan fingerprint density at radius 2 is 2.08 bits per heavy atom. The summed E-state index contributed by atoms with van der Waals surface area (Å²) in [6.45, 7) is -0.540. The Morgan fingerprint density at radius 3 is 2.80 bits per heavy atom. The van der Waals surface area contributed by atoms with Gasteiger partial charge in [-0.1, -0.05) is 32.1 Å². The van der Waals surface area contributed by atoms with Crippen LogP contribution < -0.4 is 10.7 Å². The molecule has 8 heteroatoms. The van der Waals surface area contributed by atoms with E-state index >= 15 is 0 Å². The summed E-state index contributed by atoms with van der Waals surface area (Å²) in [6.07, 6.45) is 9.79. The van der Waals surface area contributed by atoms with Gasteiger partial charge in [0.05, 0.1) is 0 Å². The molecule has 8 nitrogen and oxygen atoms in total. The maximum Gasteiger partial charge on any atom is 0.322 e. The lowest BCUT2D eigenvalue weighted by molar-refractivity contribution is -0.135. The van der Waals surface area contributed by atoms with Gasteiger partial charge >= 0.3 is 5.97 Å². The smallest absolute Gasteiger partial charge is 0.322 e. The molecule has 2 aromatic rings. The Bertz CT molecular complexity index is 833. The second-order valence-electron chi connectivity index (χ2n) is 6.53. The summed E-state index contributed by atoms with van der Waals surface area (Å²) in [5, 5.41) is 17.9. The molecule has 0 unspecified atom stereocenters. The van der Waals surface area contributed by atoms with Gasteiger partial charge in [-0.3, -0.25) is 23.9 Å². The van der Waals surface area contributed by atoms with Crippen molar-refractivity contribution in [2.45, 2.75) is 44.9 Å². The normalized spacial score (nSPS) is 15.4. The van der Waals surface area contributed by atoms with E-state index in [1.54, 1.807) is 10.6 Å². The average Bonchev–Trinajstić information content (AvgIpc) is 3.01. The van der Waals surface area contributed by atoms with Gasteiger partial charge in [0.2, 0.25) is 0 Å². The van der Waals surface area contributed by atoms with Crippen LogP contribution in [0.4, 0.5) is 0 Å². The molecule has 3 N–H and O–H groups in total. The van der Waals surface area contributed by atoms with E-state index in [1.165, 1.54) is 38.2 Å². The number of hydrogen-bond acceptors (Lipinski definition) is 4. The van der Waals surface area contributed by atoms with Gasteiger partial charge in [-0.05, 0) is 12.3 Å². The maximum atomic E-state index is 12.2. The number of nitrogens with one attached hydrogen (secondary N) is 2. The molecule has 0 atom stereocenters. The maximum absolute atomic E-state index is 12.2. The second-order valence-corrected chi connectivity index (χ2v) is 6.53. The fraction of sp³-hybridized carbons (Fsp3) is 0.529. The second kappa shape index (κ2) is 7.50. The van der Waals surface area contributed by atoms with E-state index in [9.17, 15) is 14.4 Å². The van der Waals surface area contributed by atoms with E-state index in [4.69, 9.17) is 5.11 Å². The van der Waals surface area contributed by atoms with E-state index in [0.29, 0.717) is 11.6 Å². The summed E-state index contributed by atoms with van der Waals surface area (Å²) in [5.41, 5.74) is -0.278. The third kappa shape index (κ3) is 3.89. The van der Waals surface area contributed by atoms with Gasteiger partial charge in [0.25, 0.3) is 5.91 Å². The molecule has 2 aromatic heterocycles. The number of amides is 1. The van der Waals surface area contributed by atoms with Crippen LogP contribution in [0.5, 0.6) is 0 Å². The van der Waals surface area contributed by atoms with Crippen LogP contribution in [0.1, 0.15) is 54.7 Å². The first kappa shape index (κ1) is 17.2. The summed E-state index contributed by atoms with van der Waals surface area (Å²) >= 11 is 0. The number of aromatic nitrogens is 3. The number of aliphatic carboxylic acids is 1. The fourth-order valence-electron chi connectivity index (χ4n) is 3.48. The highest BCUT2D eigenvalue weighted by Gasteiger charge is 2.19. The van der Waals surface area contributed by atoms with Crippen molar-refractivity contribution in [3.8, 4) is 0 Å². The van der Waals surface area contributed by atoms with E-state index in [0.717, 1.165) is 18.7 Å². The van der Waals surface area contributed by atoms with Crippen LogP contribution in [0.2, 0.25) is 0 Å². The minimum atomic E-state index is -1.17. The predicted octanol–water partition coefficient (Wildman–Crippen LogP) is 1.35. The van der Waals surface area contributed by atoms with Crippen molar-refractivity contribution in [3.05, 3.63) is 33.9 Å². The number of aromatic amines is 1. The Morgan fingerprint density at radius 1 is 1.32 bits per heavy atom. The van der Waals surface area contributed by atoms with Gasteiger partial charge in [-0.2, -0.15) is 5.10 Å². The van der Waals surface area contributed by atoms with E-state index in [1.807, 2.05) is 0 Å². The zero-order chi connectivity index (χ0) is 17.8. The summed E-state index contributed by atoms with van der Waals surface area (Å²) in [4.78, 5) is 34.8. The van der Waals surface area contributed by atoms with Crippen LogP contribution in [0.15, 0.2) is 17.1 Å². The highest BCUT2D eigenvalue weighted by atomic mass is 16.4. The minimum absolute atomic E-state index is 0.111. The van der Waals surface area contributed by atoms with Crippen LogP contribution >= 0.6 is 0 Å². The highest BCUT2D eigenvalue weighted by Crippen LogP contribution is 2.27. The zero-order valence-corrected chi connectivity index (χ0v) is 14.0. The Kier molecular flexibility index (Phi) is 5.16. The number of aryl methyl sites for hydroxylation is 1. The average molecular weight is 346 g/mol. The number of pyridine rings is 1. The van der Waals surface area contributed by atoms with Gasteiger partial charge in [0, 0.05) is 18.7 Å². The van der Waals surface area contributed by atoms with E-state index in [-0.39, 0.29) is 5.56 Å². The topological polar surface area (TPSA) is 117 Å². The molecule has 0 aromatic carbocycles. The molecule has 0 spiro atoms. The molecule has 0 radical (unpaired) electrons. The summed E-state index contributed by atoms with van der Waals surface area (Å²) in [6, 6.07) is 1.31. The van der Waals surface area contributed by atoms with Crippen molar-refractivity contribution in [1.82, 2.24) is 19.9 Å². The number of rotatable bonds is 6. The molecule has 134 valence electrons. The standard InChI is InChI=1S/C17H22N4O4/c22-12-8-9-21-13(7-6-11-4-2-1-3-5-11)19-20-16(21)15(12)17(25)18-10-14(23)24/h8-9,11,20H,1-7,10H2,(H,18,25)(H,23,24). The minimum Gasteiger partial charge on any atom is -0.480 e. The third-order valence-electron chi connectivity index (χ3n) is 4.80. The molecule has 25 heavy (non-hydrogen) atoms. The van der Waals surface area contributed by atoms with Crippen molar-refractivity contribution in [2.24, 2.45) is 5.92 Å². The summed E-state index contributed by atoms with van der Waals surface area (Å²) < 4.78 is 1.71. The Labute approximate surface area is 144 Å². The molecule has 1 saturated carbocycles. The predicted molar refractivity (Wildman–Crippen MR) is 90.7 cm³/mol. The Balaban J connectivity index is 1.81. The van der Waals surface area contributed by atoms with E-state index in [2.05, 4.69) is 15.5 Å². The number of nitrogens with zero attached hydrogens (tertiary/aromatic N) is 2. The fourth-order valence-corrected chi connectivity index (χ4v) is 3.48. The molecule has 1 amide bonds. The number of fused-ring (bicyclic) bond motifs is 1. The number of hydrogen-bond donors (Lipinski definition) is 3. The molecule has 0 saturated heterocycles. The molecule has 1 fully saturated rings. The van der Waals surface area contributed by atoms with Crippen molar-refractivity contribution in [1.29, 1.82) is 0 Å². The summed E-state index contributed by atoms with van der Waals surface area (Å²) in [5.74, 6) is -0.405. The van der Waals surface area contributed by atoms with Gasteiger partial charge in [0.15, 0.2) is 5.43 Å². The molecular formula is C17H22N4O4. The lowest BCUT2D eigenvalue weighted by Gasteiger charge is -2.20. The number of carboxylic acids is 1. The van der Waals surface area contributed by atoms with Crippen LogP contribution in [-0.2, 0) is 11.2 Å². The Hall–Kier alpha value is -2.64. The van der Waals surface area contributed by atoms with Crippen LogP contribution in [-0.4, -0.2) is 38.1 Å². The molecule has 3 rings (SSSR count). The van der Waals surface area contributed by atoms with Crippen molar-refractivity contribution in [2.75, 3.05) is 6.54 Å². The molecule has 0 bridgehead atoms. The van der Waals surface area contributed by atoms with Crippen molar-refractivity contribution in [3.63, 3.8) is 0 Å². The number of carboxylic acid groups (broad SMARTS) is 1. The monoisotopic (exact) mass is 346 g/mol. The number of H-pyrrole nitrogens is 1. The van der Waals surface area contributed by atoms with Crippen LogP contribution in [0.3, 0.4) is 0 Å². The quantitative estimate of drug-likeness (QED) is 0.730.